The number of H-pyrrole nitrogens is 1. The molecule has 0 unspecified atom stereocenters. The highest BCUT2D eigenvalue weighted by atomic mass is 15.1. The van der Waals surface area contributed by atoms with Gasteiger partial charge in [0, 0.05) is 22.3 Å². The van der Waals surface area contributed by atoms with E-state index in [1.807, 2.05) is 6.92 Å². The lowest BCUT2D eigenvalue weighted by atomic mass is 9.97. The molecular formula is C24H26N4. The molecule has 4 heteroatoms. The summed E-state index contributed by atoms with van der Waals surface area (Å²) in [7, 11) is 0. The van der Waals surface area contributed by atoms with E-state index in [0.29, 0.717) is 0 Å². The first-order valence-corrected chi connectivity index (χ1v) is 10.2. The maximum absolute atomic E-state index is 4.77. The Balaban J connectivity index is 1.53. The van der Waals surface area contributed by atoms with Gasteiger partial charge in [-0.2, -0.15) is 0 Å². The van der Waals surface area contributed by atoms with Crippen LogP contribution in [0, 0.1) is 20.8 Å². The third-order valence-electron chi connectivity index (χ3n) is 5.88. The van der Waals surface area contributed by atoms with Gasteiger partial charge < -0.3 is 9.55 Å². The molecule has 28 heavy (non-hydrogen) atoms. The number of allylic oxidation sites excluding steroid dienone is 2. The van der Waals surface area contributed by atoms with E-state index in [1.165, 1.54) is 59.0 Å². The zero-order valence-corrected chi connectivity index (χ0v) is 16.8. The maximum Gasteiger partial charge on any atom is 0.160 e. The fourth-order valence-electron chi connectivity index (χ4n) is 4.42. The standard InChI is InChI=1S/C24H26N4/c1-15-11-16(2)25-24-23(15)26-17(3)28(24)14-18-9-10-21-20(12-18)13-22(27-21)19-7-5-4-6-8-19/h7,9-13,27H,4-6,8,14H2,1-3H3. The lowest BCUT2D eigenvalue weighted by Gasteiger charge is -2.10. The third-order valence-corrected chi connectivity index (χ3v) is 5.88. The molecule has 0 amide bonds. The van der Waals surface area contributed by atoms with Crippen LogP contribution in [0.25, 0.3) is 27.6 Å². The van der Waals surface area contributed by atoms with Crippen molar-refractivity contribution in [3.05, 3.63) is 64.7 Å². The van der Waals surface area contributed by atoms with Gasteiger partial charge in [-0.05, 0) is 87.4 Å². The summed E-state index contributed by atoms with van der Waals surface area (Å²) in [5.74, 6) is 1.01. The van der Waals surface area contributed by atoms with Gasteiger partial charge in [0.25, 0.3) is 0 Å². The number of aromatic nitrogens is 4. The highest BCUT2D eigenvalue weighted by Gasteiger charge is 2.13. The first-order chi connectivity index (χ1) is 13.6. The zero-order chi connectivity index (χ0) is 19.3. The van der Waals surface area contributed by atoms with Crippen LogP contribution >= 0.6 is 0 Å². The first-order valence-electron chi connectivity index (χ1n) is 10.2. The van der Waals surface area contributed by atoms with Gasteiger partial charge in [-0.3, -0.25) is 0 Å². The molecule has 0 spiro atoms. The van der Waals surface area contributed by atoms with Gasteiger partial charge in [-0.1, -0.05) is 12.1 Å². The Morgan fingerprint density at radius 1 is 1.04 bits per heavy atom. The summed E-state index contributed by atoms with van der Waals surface area (Å²) in [5.41, 5.74) is 9.46. The third kappa shape index (κ3) is 2.93. The van der Waals surface area contributed by atoms with Gasteiger partial charge in [0.05, 0.1) is 6.54 Å². The van der Waals surface area contributed by atoms with Gasteiger partial charge in [-0.25, -0.2) is 9.97 Å². The molecule has 3 aromatic heterocycles. The van der Waals surface area contributed by atoms with Crippen LogP contribution in [0.4, 0.5) is 0 Å². The second kappa shape index (κ2) is 6.62. The molecule has 1 aliphatic rings. The minimum Gasteiger partial charge on any atom is -0.355 e. The molecule has 1 aromatic carbocycles. The Morgan fingerprint density at radius 3 is 2.75 bits per heavy atom. The topological polar surface area (TPSA) is 46.5 Å². The van der Waals surface area contributed by atoms with Crippen molar-refractivity contribution in [2.24, 2.45) is 0 Å². The van der Waals surface area contributed by atoms with Crippen LogP contribution in [-0.4, -0.2) is 19.5 Å². The van der Waals surface area contributed by atoms with Crippen molar-refractivity contribution in [2.75, 3.05) is 0 Å². The van der Waals surface area contributed by atoms with Crippen LogP contribution in [-0.2, 0) is 6.54 Å². The summed E-state index contributed by atoms with van der Waals surface area (Å²) >= 11 is 0. The Labute approximate surface area is 165 Å². The number of pyridine rings is 1. The molecule has 0 radical (unpaired) electrons. The van der Waals surface area contributed by atoms with Crippen molar-refractivity contribution in [1.29, 1.82) is 0 Å². The van der Waals surface area contributed by atoms with Crippen molar-refractivity contribution < 1.29 is 0 Å². The SMILES string of the molecule is Cc1cc(C)c2nc(C)n(Cc3ccc4[nH]c(C5=CCCCC5)cc4c3)c2n1. The van der Waals surface area contributed by atoms with Crippen molar-refractivity contribution in [2.45, 2.75) is 53.0 Å². The molecule has 4 nitrogen and oxygen atoms in total. The van der Waals surface area contributed by atoms with Gasteiger partial charge >= 0.3 is 0 Å². The number of aryl methyl sites for hydroxylation is 3. The molecule has 5 rings (SSSR count). The summed E-state index contributed by atoms with van der Waals surface area (Å²) in [6.45, 7) is 7.02. The summed E-state index contributed by atoms with van der Waals surface area (Å²) < 4.78 is 2.23. The van der Waals surface area contributed by atoms with Gasteiger partial charge in [0.1, 0.15) is 11.3 Å². The monoisotopic (exact) mass is 370 g/mol. The van der Waals surface area contributed by atoms with E-state index < -0.39 is 0 Å². The Bertz CT molecular complexity index is 1220. The van der Waals surface area contributed by atoms with E-state index in [-0.39, 0.29) is 0 Å². The van der Waals surface area contributed by atoms with E-state index in [4.69, 9.17) is 9.97 Å². The zero-order valence-electron chi connectivity index (χ0n) is 16.8. The average Bonchev–Trinajstić information content (AvgIpc) is 3.24. The molecular weight excluding hydrogens is 344 g/mol. The van der Waals surface area contributed by atoms with Crippen molar-refractivity contribution in [1.82, 2.24) is 19.5 Å². The minimum atomic E-state index is 0.789. The average molecular weight is 371 g/mol. The molecule has 0 bridgehead atoms. The van der Waals surface area contributed by atoms with Crippen LogP contribution < -0.4 is 0 Å². The van der Waals surface area contributed by atoms with Crippen molar-refractivity contribution in [3.8, 4) is 0 Å². The fourth-order valence-corrected chi connectivity index (χ4v) is 4.42. The van der Waals surface area contributed by atoms with Gasteiger partial charge in [-0.15, -0.1) is 0 Å². The lowest BCUT2D eigenvalue weighted by Crippen LogP contribution is -2.03. The fraction of sp³-hybridized carbons (Fsp3) is 0.333. The molecule has 4 aromatic rings. The van der Waals surface area contributed by atoms with Crippen LogP contribution in [0.5, 0.6) is 0 Å². The van der Waals surface area contributed by atoms with E-state index >= 15 is 0 Å². The molecule has 1 N–H and O–H groups in total. The molecule has 142 valence electrons. The highest BCUT2D eigenvalue weighted by molar-refractivity contribution is 5.85. The molecule has 0 saturated carbocycles. The number of rotatable bonds is 3. The van der Waals surface area contributed by atoms with E-state index in [9.17, 15) is 0 Å². The molecule has 3 heterocycles. The number of aromatic amines is 1. The van der Waals surface area contributed by atoms with Crippen molar-refractivity contribution in [3.63, 3.8) is 0 Å². The lowest BCUT2D eigenvalue weighted by molar-refractivity contribution is 0.740. The van der Waals surface area contributed by atoms with Crippen LogP contribution in [0.2, 0.25) is 0 Å². The number of hydrogen-bond donors (Lipinski definition) is 1. The summed E-state index contributed by atoms with van der Waals surface area (Å²) in [6, 6.07) is 11.1. The largest absolute Gasteiger partial charge is 0.355 e. The number of imidazole rings is 1. The number of nitrogens with zero attached hydrogens (tertiary/aromatic N) is 3. The van der Waals surface area contributed by atoms with E-state index in [0.717, 1.165) is 29.2 Å². The highest BCUT2D eigenvalue weighted by Crippen LogP contribution is 2.29. The Kier molecular flexibility index (Phi) is 4.08. The minimum absolute atomic E-state index is 0.789. The molecule has 0 fully saturated rings. The summed E-state index contributed by atoms with van der Waals surface area (Å²) in [6.07, 6.45) is 7.40. The van der Waals surface area contributed by atoms with Gasteiger partial charge in [0.15, 0.2) is 5.65 Å². The first kappa shape index (κ1) is 17.2. The van der Waals surface area contributed by atoms with E-state index in [1.54, 1.807) is 0 Å². The predicted molar refractivity (Wildman–Crippen MR) is 116 cm³/mol. The quantitative estimate of drug-likeness (QED) is 0.492. The number of benzene rings is 1. The normalized spacial score (nSPS) is 14.8. The molecule has 0 atom stereocenters. The summed E-state index contributed by atoms with van der Waals surface area (Å²) in [4.78, 5) is 13.1. The second-order valence-corrected chi connectivity index (χ2v) is 8.08. The molecule has 0 saturated heterocycles. The van der Waals surface area contributed by atoms with Crippen LogP contribution in [0.15, 0.2) is 36.4 Å². The number of fused-ring (bicyclic) bond motifs is 2. The van der Waals surface area contributed by atoms with Crippen LogP contribution in [0.1, 0.15) is 54.0 Å². The van der Waals surface area contributed by atoms with Gasteiger partial charge in [0.2, 0.25) is 0 Å². The Hall–Kier alpha value is -2.88. The van der Waals surface area contributed by atoms with E-state index in [2.05, 4.69) is 59.8 Å². The number of hydrogen-bond acceptors (Lipinski definition) is 2. The maximum atomic E-state index is 4.77. The smallest absolute Gasteiger partial charge is 0.160 e. The second-order valence-electron chi connectivity index (χ2n) is 8.08. The number of nitrogens with one attached hydrogen (secondary N) is 1. The van der Waals surface area contributed by atoms with Crippen molar-refractivity contribution >= 4 is 27.6 Å². The van der Waals surface area contributed by atoms with Crippen LogP contribution in [0.3, 0.4) is 0 Å². The molecule has 1 aliphatic carbocycles. The summed E-state index contributed by atoms with van der Waals surface area (Å²) in [5, 5.41) is 1.28. The predicted octanol–water partition coefficient (Wildman–Crippen LogP) is 5.84. The molecule has 0 aliphatic heterocycles. The Morgan fingerprint density at radius 2 is 1.93 bits per heavy atom.